The first kappa shape index (κ1) is 23.0. The van der Waals surface area contributed by atoms with Crippen LogP contribution in [0.4, 0.5) is 0 Å². The van der Waals surface area contributed by atoms with Crippen LogP contribution in [0.2, 0.25) is 0 Å². The van der Waals surface area contributed by atoms with E-state index in [1.807, 2.05) is 49.4 Å². The highest BCUT2D eigenvalue weighted by molar-refractivity contribution is 6.21. The summed E-state index contributed by atoms with van der Waals surface area (Å²) in [5, 5.41) is 3.94. The van der Waals surface area contributed by atoms with Gasteiger partial charge >= 0.3 is 5.97 Å². The molecular formula is C27H21N3O6. The number of hydrogen-bond acceptors (Lipinski definition) is 8. The van der Waals surface area contributed by atoms with E-state index in [4.69, 9.17) is 14.0 Å². The van der Waals surface area contributed by atoms with Crippen molar-refractivity contribution in [3.8, 4) is 17.1 Å². The van der Waals surface area contributed by atoms with E-state index in [1.54, 1.807) is 12.1 Å². The van der Waals surface area contributed by atoms with Crippen molar-refractivity contribution in [1.29, 1.82) is 0 Å². The summed E-state index contributed by atoms with van der Waals surface area (Å²) in [5.41, 5.74) is 2.04. The predicted octanol–water partition coefficient (Wildman–Crippen LogP) is 4.29. The van der Waals surface area contributed by atoms with Gasteiger partial charge in [0, 0.05) is 0 Å². The van der Waals surface area contributed by atoms with Crippen LogP contribution in [0.15, 0.2) is 77.3 Å². The number of imide groups is 1. The molecule has 36 heavy (non-hydrogen) atoms. The molecule has 0 saturated heterocycles. The first-order valence-corrected chi connectivity index (χ1v) is 11.3. The predicted molar refractivity (Wildman–Crippen MR) is 127 cm³/mol. The van der Waals surface area contributed by atoms with Gasteiger partial charge in [-0.3, -0.25) is 14.5 Å². The first-order valence-electron chi connectivity index (χ1n) is 11.3. The smallest absolute Gasteiger partial charge is 0.338 e. The van der Waals surface area contributed by atoms with Crippen LogP contribution in [0.5, 0.6) is 5.75 Å². The second-order valence-corrected chi connectivity index (χ2v) is 7.96. The Hall–Kier alpha value is -4.79. The van der Waals surface area contributed by atoms with E-state index in [-0.39, 0.29) is 35.7 Å². The SMILES string of the molecule is CCOc1ccccc1-c1noc(COC(=O)c2ccc3c(c2)C(=O)N(Cc2ccccc2)C3=O)n1. The minimum absolute atomic E-state index is 0.103. The molecule has 0 fully saturated rings. The van der Waals surface area contributed by atoms with Crippen LogP contribution >= 0.6 is 0 Å². The van der Waals surface area contributed by atoms with Gasteiger partial charge in [-0.05, 0) is 42.8 Å². The molecule has 3 aromatic carbocycles. The van der Waals surface area contributed by atoms with Gasteiger partial charge in [0.2, 0.25) is 5.82 Å². The molecule has 0 radical (unpaired) electrons. The molecule has 9 heteroatoms. The molecule has 1 aliphatic heterocycles. The molecule has 0 bridgehead atoms. The van der Waals surface area contributed by atoms with Gasteiger partial charge in [0.15, 0.2) is 6.61 Å². The second kappa shape index (κ2) is 9.83. The second-order valence-electron chi connectivity index (χ2n) is 7.96. The molecule has 9 nitrogen and oxygen atoms in total. The van der Waals surface area contributed by atoms with Crippen LogP contribution < -0.4 is 4.74 Å². The standard InChI is InChI=1S/C27H21N3O6/c1-2-34-22-11-7-6-10-20(22)24-28-23(36-29-24)16-35-27(33)18-12-13-19-21(14-18)26(32)30(25(19)31)15-17-8-4-3-5-9-17/h3-14H,2,15-16H2,1H3. The number of carbonyl (C=O) groups excluding carboxylic acids is 3. The van der Waals surface area contributed by atoms with Crippen molar-refractivity contribution in [2.75, 3.05) is 6.61 Å². The Morgan fingerprint density at radius 1 is 0.917 bits per heavy atom. The maximum Gasteiger partial charge on any atom is 0.338 e. The summed E-state index contributed by atoms with van der Waals surface area (Å²) in [6.07, 6.45) is 0. The van der Waals surface area contributed by atoms with Gasteiger partial charge in [-0.15, -0.1) is 0 Å². The van der Waals surface area contributed by atoms with Crippen LogP contribution in [-0.4, -0.2) is 39.4 Å². The van der Waals surface area contributed by atoms with Gasteiger partial charge < -0.3 is 14.0 Å². The highest BCUT2D eigenvalue weighted by Crippen LogP contribution is 2.28. The molecule has 0 unspecified atom stereocenters. The zero-order valence-electron chi connectivity index (χ0n) is 19.3. The summed E-state index contributed by atoms with van der Waals surface area (Å²) in [4.78, 5) is 43.7. The molecule has 0 saturated carbocycles. The van der Waals surface area contributed by atoms with Crippen molar-refractivity contribution in [2.45, 2.75) is 20.1 Å². The van der Waals surface area contributed by atoms with Crippen LogP contribution in [-0.2, 0) is 17.9 Å². The summed E-state index contributed by atoms with van der Waals surface area (Å²) >= 11 is 0. The molecule has 1 aromatic heterocycles. The number of esters is 1. The Balaban J connectivity index is 1.27. The monoisotopic (exact) mass is 483 g/mol. The van der Waals surface area contributed by atoms with Gasteiger partial charge in [0.1, 0.15) is 5.75 Å². The minimum atomic E-state index is -0.686. The van der Waals surface area contributed by atoms with Gasteiger partial charge in [0.05, 0.1) is 35.4 Å². The summed E-state index contributed by atoms with van der Waals surface area (Å²) in [6.45, 7) is 2.25. The number of fused-ring (bicyclic) bond motifs is 1. The maximum absolute atomic E-state index is 12.9. The van der Waals surface area contributed by atoms with Gasteiger partial charge in [-0.1, -0.05) is 47.6 Å². The number of hydrogen-bond donors (Lipinski definition) is 0. The molecule has 5 rings (SSSR count). The zero-order chi connectivity index (χ0) is 25.1. The number of carbonyl (C=O) groups is 3. The fourth-order valence-corrected chi connectivity index (χ4v) is 3.89. The molecule has 2 heterocycles. The average molecular weight is 483 g/mol. The summed E-state index contributed by atoms with van der Waals surface area (Å²) < 4.78 is 16.1. The number of para-hydroxylation sites is 1. The number of ether oxygens (including phenoxy) is 2. The topological polar surface area (TPSA) is 112 Å². The Labute approximate surface area is 206 Å². The number of amides is 2. The van der Waals surface area contributed by atoms with Crippen molar-refractivity contribution in [1.82, 2.24) is 15.0 Å². The van der Waals surface area contributed by atoms with E-state index in [9.17, 15) is 14.4 Å². The lowest BCUT2D eigenvalue weighted by Crippen LogP contribution is -2.29. The normalized spacial score (nSPS) is 12.5. The van der Waals surface area contributed by atoms with Crippen molar-refractivity contribution in [3.05, 3.63) is 101 Å². The molecular weight excluding hydrogens is 462 g/mol. The van der Waals surface area contributed by atoms with E-state index < -0.39 is 17.8 Å². The van der Waals surface area contributed by atoms with E-state index in [2.05, 4.69) is 10.1 Å². The van der Waals surface area contributed by atoms with Crippen molar-refractivity contribution < 1.29 is 28.4 Å². The molecule has 0 spiro atoms. The molecule has 1 aliphatic rings. The number of benzene rings is 3. The van der Waals surface area contributed by atoms with Gasteiger partial charge in [0.25, 0.3) is 17.7 Å². The number of aromatic nitrogens is 2. The molecule has 0 atom stereocenters. The quantitative estimate of drug-likeness (QED) is 0.270. The van der Waals surface area contributed by atoms with Crippen molar-refractivity contribution in [2.24, 2.45) is 0 Å². The largest absolute Gasteiger partial charge is 0.493 e. The summed E-state index contributed by atoms with van der Waals surface area (Å²) in [6, 6.07) is 20.8. The molecule has 4 aromatic rings. The molecule has 0 aliphatic carbocycles. The van der Waals surface area contributed by atoms with E-state index in [0.717, 1.165) is 10.5 Å². The van der Waals surface area contributed by atoms with E-state index >= 15 is 0 Å². The van der Waals surface area contributed by atoms with Crippen LogP contribution in [0, 0.1) is 0 Å². The fraction of sp³-hybridized carbons (Fsp3) is 0.148. The third-order valence-corrected chi connectivity index (χ3v) is 5.61. The lowest BCUT2D eigenvalue weighted by Gasteiger charge is -2.13. The van der Waals surface area contributed by atoms with Gasteiger partial charge in [-0.25, -0.2) is 4.79 Å². The minimum Gasteiger partial charge on any atom is -0.493 e. The Kier molecular flexibility index (Phi) is 6.27. The summed E-state index contributed by atoms with van der Waals surface area (Å²) in [7, 11) is 0. The molecule has 0 N–H and O–H groups in total. The third kappa shape index (κ3) is 4.46. The Bertz CT molecular complexity index is 1450. The lowest BCUT2D eigenvalue weighted by atomic mass is 10.1. The van der Waals surface area contributed by atoms with Crippen LogP contribution in [0.25, 0.3) is 11.4 Å². The fourth-order valence-electron chi connectivity index (χ4n) is 3.89. The van der Waals surface area contributed by atoms with Crippen molar-refractivity contribution in [3.63, 3.8) is 0 Å². The molecule has 180 valence electrons. The Morgan fingerprint density at radius 3 is 2.47 bits per heavy atom. The maximum atomic E-state index is 12.9. The van der Waals surface area contributed by atoms with Crippen molar-refractivity contribution >= 4 is 17.8 Å². The Morgan fingerprint density at radius 2 is 1.67 bits per heavy atom. The highest BCUT2D eigenvalue weighted by atomic mass is 16.6. The summed E-state index contributed by atoms with van der Waals surface area (Å²) in [5.74, 6) is -0.513. The highest BCUT2D eigenvalue weighted by Gasteiger charge is 2.36. The number of rotatable bonds is 8. The van der Waals surface area contributed by atoms with E-state index in [0.29, 0.717) is 23.7 Å². The van der Waals surface area contributed by atoms with Crippen LogP contribution in [0.3, 0.4) is 0 Å². The van der Waals surface area contributed by atoms with Crippen LogP contribution in [0.1, 0.15) is 49.5 Å². The zero-order valence-corrected chi connectivity index (χ0v) is 19.3. The first-order chi connectivity index (χ1) is 17.5. The lowest BCUT2D eigenvalue weighted by molar-refractivity contribution is 0.0429. The van der Waals surface area contributed by atoms with Gasteiger partial charge in [-0.2, -0.15) is 4.98 Å². The van der Waals surface area contributed by atoms with E-state index in [1.165, 1.54) is 18.2 Å². The molecule has 2 amide bonds. The number of nitrogens with zero attached hydrogens (tertiary/aromatic N) is 3. The third-order valence-electron chi connectivity index (χ3n) is 5.61. The average Bonchev–Trinajstić information content (AvgIpc) is 3.47.